The number of rotatable bonds is 4. The summed E-state index contributed by atoms with van der Waals surface area (Å²) < 4.78 is 0. The zero-order valence-electron chi connectivity index (χ0n) is 13.9. The molecule has 1 saturated heterocycles. The Morgan fingerprint density at radius 3 is 2.45 bits per heavy atom. The minimum atomic E-state index is 0.258. The monoisotopic (exact) mass is 281 g/mol. The molecule has 1 atom stereocenters. The van der Waals surface area contributed by atoms with E-state index in [1.165, 1.54) is 64.5 Å². The molecule has 0 aromatic rings. The van der Waals surface area contributed by atoms with Crippen molar-refractivity contribution in [2.75, 3.05) is 33.7 Å². The third-order valence-electron chi connectivity index (χ3n) is 6.21. The predicted molar refractivity (Wildman–Crippen MR) is 86.9 cm³/mol. The number of nitrogens with two attached hydrogens (primary N) is 1. The van der Waals surface area contributed by atoms with E-state index in [4.69, 9.17) is 5.73 Å². The molecule has 118 valence electrons. The number of nitrogens with zero attached hydrogens (tertiary/aromatic N) is 2. The van der Waals surface area contributed by atoms with E-state index in [0.717, 1.165) is 18.5 Å². The van der Waals surface area contributed by atoms with Crippen LogP contribution in [0.3, 0.4) is 0 Å². The van der Waals surface area contributed by atoms with Crippen LogP contribution in [0, 0.1) is 5.92 Å². The number of likely N-dealkylation sites (N-methyl/N-ethyl adjacent to an activating group) is 1. The van der Waals surface area contributed by atoms with Gasteiger partial charge in [-0.25, -0.2) is 0 Å². The van der Waals surface area contributed by atoms with Gasteiger partial charge in [0.2, 0.25) is 0 Å². The van der Waals surface area contributed by atoms with Crippen molar-refractivity contribution in [2.45, 2.75) is 69.9 Å². The topological polar surface area (TPSA) is 32.5 Å². The lowest BCUT2D eigenvalue weighted by Crippen LogP contribution is -2.57. The van der Waals surface area contributed by atoms with Crippen LogP contribution in [0.5, 0.6) is 0 Å². The summed E-state index contributed by atoms with van der Waals surface area (Å²) in [6.45, 7) is 5.60. The molecule has 2 rings (SSSR count). The Morgan fingerprint density at radius 2 is 1.85 bits per heavy atom. The third-order valence-corrected chi connectivity index (χ3v) is 6.21. The molecule has 1 aliphatic carbocycles. The SMILES string of the molecule is CCC1CCC(N(C)C2(CN)CCCN(C)CC2)CC1. The highest BCUT2D eigenvalue weighted by molar-refractivity contribution is 4.96. The van der Waals surface area contributed by atoms with Crippen molar-refractivity contribution >= 4 is 0 Å². The normalized spacial score (nSPS) is 37.0. The average Bonchev–Trinajstić information content (AvgIpc) is 2.69. The second-order valence-corrected chi connectivity index (χ2v) is 7.28. The number of hydrogen-bond donors (Lipinski definition) is 1. The van der Waals surface area contributed by atoms with Crippen LogP contribution in [0.15, 0.2) is 0 Å². The fourth-order valence-corrected chi connectivity index (χ4v) is 4.34. The zero-order chi connectivity index (χ0) is 14.6. The Labute approximate surface area is 125 Å². The molecule has 20 heavy (non-hydrogen) atoms. The van der Waals surface area contributed by atoms with Crippen LogP contribution in [-0.2, 0) is 0 Å². The summed E-state index contributed by atoms with van der Waals surface area (Å²) in [7, 11) is 4.61. The molecule has 0 radical (unpaired) electrons. The molecule has 2 fully saturated rings. The van der Waals surface area contributed by atoms with Gasteiger partial charge in [-0.3, -0.25) is 4.90 Å². The van der Waals surface area contributed by atoms with Crippen molar-refractivity contribution in [1.82, 2.24) is 9.80 Å². The second kappa shape index (κ2) is 7.24. The molecule has 0 amide bonds. The molecule has 0 spiro atoms. The maximum atomic E-state index is 6.25. The van der Waals surface area contributed by atoms with Gasteiger partial charge in [-0.05, 0) is 78.0 Å². The van der Waals surface area contributed by atoms with Crippen LogP contribution < -0.4 is 5.73 Å². The van der Waals surface area contributed by atoms with Gasteiger partial charge in [0.15, 0.2) is 0 Å². The second-order valence-electron chi connectivity index (χ2n) is 7.28. The van der Waals surface area contributed by atoms with Gasteiger partial charge in [-0.15, -0.1) is 0 Å². The van der Waals surface area contributed by atoms with E-state index in [2.05, 4.69) is 30.8 Å². The number of hydrogen-bond acceptors (Lipinski definition) is 3. The van der Waals surface area contributed by atoms with Gasteiger partial charge < -0.3 is 10.6 Å². The van der Waals surface area contributed by atoms with Crippen LogP contribution in [0.4, 0.5) is 0 Å². The molecule has 0 aromatic heterocycles. The van der Waals surface area contributed by atoms with E-state index in [1.54, 1.807) is 0 Å². The smallest absolute Gasteiger partial charge is 0.0344 e. The van der Waals surface area contributed by atoms with Crippen molar-refractivity contribution < 1.29 is 0 Å². The summed E-state index contributed by atoms with van der Waals surface area (Å²) in [5.74, 6) is 0.980. The Balaban J connectivity index is 1.99. The Morgan fingerprint density at radius 1 is 1.15 bits per heavy atom. The molecule has 3 heteroatoms. The Bertz CT molecular complexity index is 286. The molecule has 1 aliphatic heterocycles. The molecule has 2 N–H and O–H groups in total. The summed E-state index contributed by atoms with van der Waals surface area (Å²) in [5, 5.41) is 0. The molecule has 1 unspecified atom stereocenters. The predicted octanol–water partition coefficient (Wildman–Crippen LogP) is 2.70. The van der Waals surface area contributed by atoms with Crippen LogP contribution in [0.1, 0.15) is 58.3 Å². The van der Waals surface area contributed by atoms with Crippen molar-refractivity contribution in [1.29, 1.82) is 0 Å². The summed E-state index contributed by atoms with van der Waals surface area (Å²) in [6, 6.07) is 0.768. The first-order valence-corrected chi connectivity index (χ1v) is 8.73. The fraction of sp³-hybridized carbons (Fsp3) is 1.00. The Kier molecular flexibility index (Phi) is 5.88. The van der Waals surface area contributed by atoms with E-state index < -0.39 is 0 Å². The van der Waals surface area contributed by atoms with Crippen molar-refractivity contribution in [2.24, 2.45) is 11.7 Å². The van der Waals surface area contributed by atoms with Gasteiger partial charge in [-0.1, -0.05) is 13.3 Å². The van der Waals surface area contributed by atoms with E-state index in [0.29, 0.717) is 0 Å². The van der Waals surface area contributed by atoms with E-state index in [1.807, 2.05) is 0 Å². The molecule has 3 nitrogen and oxygen atoms in total. The zero-order valence-corrected chi connectivity index (χ0v) is 13.9. The van der Waals surface area contributed by atoms with Gasteiger partial charge in [0.1, 0.15) is 0 Å². The van der Waals surface area contributed by atoms with E-state index in [-0.39, 0.29) is 5.54 Å². The van der Waals surface area contributed by atoms with Crippen LogP contribution in [0.25, 0.3) is 0 Å². The van der Waals surface area contributed by atoms with Crippen molar-refractivity contribution in [3.63, 3.8) is 0 Å². The van der Waals surface area contributed by atoms with Gasteiger partial charge in [0.25, 0.3) is 0 Å². The largest absolute Gasteiger partial charge is 0.329 e. The lowest BCUT2D eigenvalue weighted by atomic mass is 9.80. The highest BCUT2D eigenvalue weighted by Gasteiger charge is 2.38. The molecule has 2 aliphatic rings. The standard InChI is InChI=1S/C17H35N3/c1-4-15-6-8-16(9-7-15)20(3)17(14-18)10-5-12-19(2)13-11-17/h15-16H,4-14,18H2,1-3H3. The molecule has 1 heterocycles. The molecule has 1 saturated carbocycles. The van der Waals surface area contributed by atoms with Crippen LogP contribution in [-0.4, -0.2) is 55.1 Å². The maximum Gasteiger partial charge on any atom is 0.0344 e. The molecule has 0 aromatic carbocycles. The minimum absolute atomic E-state index is 0.258. The third kappa shape index (κ3) is 3.55. The molecular formula is C17H35N3. The highest BCUT2D eigenvalue weighted by Crippen LogP contribution is 2.35. The first kappa shape index (κ1) is 16.3. The fourth-order valence-electron chi connectivity index (χ4n) is 4.34. The molecule has 0 bridgehead atoms. The first-order chi connectivity index (χ1) is 9.61. The average molecular weight is 281 g/mol. The van der Waals surface area contributed by atoms with Gasteiger partial charge in [0.05, 0.1) is 0 Å². The number of likely N-dealkylation sites (tertiary alicyclic amines) is 1. The van der Waals surface area contributed by atoms with E-state index >= 15 is 0 Å². The first-order valence-electron chi connectivity index (χ1n) is 8.73. The quantitative estimate of drug-likeness (QED) is 0.860. The Hall–Kier alpha value is -0.120. The lowest BCUT2D eigenvalue weighted by Gasteiger charge is -2.47. The van der Waals surface area contributed by atoms with Crippen molar-refractivity contribution in [3.05, 3.63) is 0 Å². The summed E-state index contributed by atoms with van der Waals surface area (Å²) in [5.41, 5.74) is 6.51. The van der Waals surface area contributed by atoms with Gasteiger partial charge in [-0.2, -0.15) is 0 Å². The summed E-state index contributed by atoms with van der Waals surface area (Å²) >= 11 is 0. The summed E-state index contributed by atoms with van der Waals surface area (Å²) in [4.78, 5) is 5.16. The molecular weight excluding hydrogens is 246 g/mol. The minimum Gasteiger partial charge on any atom is -0.329 e. The van der Waals surface area contributed by atoms with E-state index in [9.17, 15) is 0 Å². The van der Waals surface area contributed by atoms with Crippen LogP contribution >= 0.6 is 0 Å². The lowest BCUT2D eigenvalue weighted by molar-refractivity contribution is 0.0379. The van der Waals surface area contributed by atoms with Crippen molar-refractivity contribution in [3.8, 4) is 0 Å². The van der Waals surface area contributed by atoms with Gasteiger partial charge >= 0.3 is 0 Å². The van der Waals surface area contributed by atoms with Crippen LogP contribution in [0.2, 0.25) is 0 Å². The highest BCUT2D eigenvalue weighted by atomic mass is 15.2. The summed E-state index contributed by atoms with van der Waals surface area (Å²) in [6.07, 6.45) is 10.8. The maximum absolute atomic E-state index is 6.25. The van der Waals surface area contributed by atoms with Gasteiger partial charge in [0, 0.05) is 18.1 Å².